The lowest BCUT2D eigenvalue weighted by Gasteiger charge is -2.13. The maximum Gasteiger partial charge on any atom is 0.263 e. The van der Waals surface area contributed by atoms with Gasteiger partial charge >= 0.3 is 0 Å². The molecule has 0 saturated carbocycles. The third-order valence-electron chi connectivity index (χ3n) is 2.14. The number of hydrogen-bond acceptors (Lipinski definition) is 3. The number of hydrogen-bond donors (Lipinski definition) is 1. The van der Waals surface area contributed by atoms with E-state index in [9.17, 15) is 14.7 Å². The number of anilines is 1. The summed E-state index contributed by atoms with van der Waals surface area (Å²) in [5.41, 5.74) is 0.513. The minimum atomic E-state index is -1.18. The fraction of sp³-hybridized carbons (Fsp3) is 0.200. The van der Waals surface area contributed by atoms with E-state index in [-0.39, 0.29) is 12.3 Å². The van der Waals surface area contributed by atoms with Gasteiger partial charge in [0.25, 0.3) is 5.91 Å². The Morgan fingerprint density at radius 2 is 1.86 bits per heavy atom. The molecule has 2 amide bonds. The van der Waals surface area contributed by atoms with Crippen LogP contribution in [0.3, 0.4) is 0 Å². The second-order valence-electron chi connectivity index (χ2n) is 3.12. The van der Waals surface area contributed by atoms with Crippen LogP contribution in [0.25, 0.3) is 0 Å². The predicted molar refractivity (Wildman–Crippen MR) is 49.6 cm³/mol. The predicted octanol–water partition coefficient (Wildman–Crippen LogP) is 0.311. The van der Waals surface area contributed by atoms with Gasteiger partial charge in [-0.05, 0) is 12.1 Å². The SMILES string of the molecule is O=C1C[C@@H](O)C(=O)N1c1ccccc1. The van der Waals surface area contributed by atoms with E-state index in [0.717, 1.165) is 4.90 Å². The van der Waals surface area contributed by atoms with Crippen LogP contribution in [0.4, 0.5) is 5.69 Å². The van der Waals surface area contributed by atoms with Gasteiger partial charge in [-0.1, -0.05) is 18.2 Å². The summed E-state index contributed by atoms with van der Waals surface area (Å²) in [6, 6.07) is 8.59. The Kier molecular flexibility index (Phi) is 2.05. The topological polar surface area (TPSA) is 57.6 Å². The summed E-state index contributed by atoms with van der Waals surface area (Å²) in [4.78, 5) is 23.7. The lowest BCUT2D eigenvalue weighted by molar-refractivity contribution is -0.124. The Labute approximate surface area is 80.8 Å². The van der Waals surface area contributed by atoms with E-state index >= 15 is 0 Å². The van der Waals surface area contributed by atoms with Crippen molar-refractivity contribution < 1.29 is 14.7 Å². The molecule has 1 aliphatic heterocycles. The fourth-order valence-corrected chi connectivity index (χ4v) is 1.46. The number of aliphatic hydroxyl groups is 1. The second kappa shape index (κ2) is 3.23. The molecule has 2 rings (SSSR count). The van der Waals surface area contributed by atoms with Crippen molar-refractivity contribution in [2.75, 3.05) is 4.90 Å². The van der Waals surface area contributed by atoms with E-state index in [4.69, 9.17) is 0 Å². The summed E-state index contributed by atoms with van der Waals surface area (Å²) in [7, 11) is 0. The van der Waals surface area contributed by atoms with E-state index in [2.05, 4.69) is 0 Å². The first-order valence-electron chi connectivity index (χ1n) is 4.30. The average molecular weight is 191 g/mol. The molecule has 4 heteroatoms. The molecule has 1 N–H and O–H groups in total. The van der Waals surface area contributed by atoms with Crippen molar-refractivity contribution in [2.45, 2.75) is 12.5 Å². The van der Waals surface area contributed by atoms with Crippen molar-refractivity contribution in [3.8, 4) is 0 Å². The Bertz CT molecular complexity index is 374. The largest absolute Gasteiger partial charge is 0.383 e. The molecule has 4 nitrogen and oxygen atoms in total. The first kappa shape index (κ1) is 8.90. The summed E-state index contributed by atoms with van der Waals surface area (Å²) >= 11 is 0. The number of carbonyl (C=O) groups excluding carboxylic acids is 2. The Morgan fingerprint density at radius 1 is 1.21 bits per heavy atom. The molecule has 1 fully saturated rings. The zero-order chi connectivity index (χ0) is 10.1. The summed E-state index contributed by atoms with van der Waals surface area (Å²) in [5, 5.41) is 9.19. The molecule has 1 aromatic rings. The second-order valence-corrected chi connectivity index (χ2v) is 3.12. The van der Waals surface area contributed by atoms with Gasteiger partial charge in [-0.3, -0.25) is 9.59 Å². The van der Waals surface area contributed by atoms with Gasteiger partial charge in [0.1, 0.15) is 6.10 Å². The van der Waals surface area contributed by atoms with Gasteiger partial charge in [0.05, 0.1) is 12.1 Å². The fourth-order valence-electron chi connectivity index (χ4n) is 1.46. The van der Waals surface area contributed by atoms with Crippen LogP contribution >= 0.6 is 0 Å². The van der Waals surface area contributed by atoms with Gasteiger partial charge < -0.3 is 5.11 Å². The van der Waals surface area contributed by atoms with Crippen molar-refractivity contribution in [3.63, 3.8) is 0 Å². The normalized spacial score (nSPS) is 21.8. The third kappa shape index (κ3) is 1.29. The molecule has 0 spiro atoms. The highest BCUT2D eigenvalue weighted by molar-refractivity contribution is 6.21. The third-order valence-corrected chi connectivity index (χ3v) is 2.14. The molecule has 1 heterocycles. The quantitative estimate of drug-likeness (QED) is 0.650. The van der Waals surface area contributed by atoms with E-state index in [0.29, 0.717) is 5.69 Å². The molecule has 14 heavy (non-hydrogen) atoms. The zero-order valence-electron chi connectivity index (χ0n) is 7.38. The minimum Gasteiger partial charge on any atom is -0.383 e. The van der Waals surface area contributed by atoms with E-state index in [1.165, 1.54) is 0 Å². The molecule has 0 radical (unpaired) electrons. The number of aliphatic hydroxyl groups excluding tert-OH is 1. The molecule has 1 atom stereocenters. The van der Waals surface area contributed by atoms with Crippen LogP contribution in [0, 0.1) is 0 Å². The van der Waals surface area contributed by atoms with Crippen LogP contribution in [0.1, 0.15) is 6.42 Å². The highest BCUT2D eigenvalue weighted by Gasteiger charge is 2.38. The van der Waals surface area contributed by atoms with Crippen LogP contribution in [-0.4, -0.2) is 23.0 Å². The average Bonchev–Trinajstić information content (AvgIpc) is 2.43. The van der Waals surface area contributed by atoms with Gasteiger partial charge in [0.15, 0.2) is 0 Å². The van der Waals surface area contributed by atoms with Crippen LogP contribution in [0.5, 0.6) is 0 Å². The number of rotatable bonds is 1. The van der Waals surface area contributed by atoms with Crippen LogP contribution < -0.4 is 4.90 Å². The molecule has 1 saturated heterocycles. The smallest absolute Gasteiger partial charge is 0.263 e. The van der Waals surface area contributed by atoms with Gasteiger partial charge in [-0.25, -0.2) is 4.90 Å². The van der Waals surface area contributed by atoms with Gasteiger partial charge in [0.2, 0.25) is 5.91 Å². The zero-order valence-corrected chi connectivity index (χ0v) is 7.38. The molecule has 0 aromatic heterocycles. The van der Waals surface area contributed by atoms with Crippen molar-refractivity contribution in [1.29, 1.82) is 0 Å². The standard InChI is InChI=1S/C10H9NO3/c12-8-6-9(13)11(10(8)14)7-4-2-1-3-5-7/h1-5,8,12H,6H2/t8-/m1/s1. The maximum atomic E-state index is 11.4. The van der Waals surface area contributed by atoms with Crippen molar-refractivity contribution in [3.05, 3.63) is 30.3 Å². The van der Waals surface area contributed by atoms with E-state index < -0.39 is 12.0 Å². The Morgan fingerprint density at radius 3 is 2.36 bits per heavy atom. The van der Waals surface area contributed by atoms with E-state index in [1.807, 2.05) is 0 Å². The molecule has 0 unspecified atom stereocenters. The minimum absolute atomic E-state index is 0.117. The monoisotopic (exact) mass is 191 g/mol. The Balaban J connectivity index is 2.36. The van der Waals surface area contributed by atoms with Crippen molar-refractivity contribution >= 4 is 17.5 Å². The lowest BCUT2D eigenvalue weighted by Crippen LogP contribution is -2.31. The molecule has 72 valence electrons. The summed E-state index contributed by atoms with van der Waals surface area (Å²) in [6.45, 7) is 0. The lowest BCUT2D eigenvalue weighted by atomic mass is 10.3. The molecular weight excluding hydrogens is 182 g/mol. The van der Waals surface area contributed by atoms with Gasteiger partial charge in [-0.15, -0.1) is 0 Å². The highest BCUT2D eigenvalue weighted by atomic mass is 16.3. The number of carbonyl (C=O) groups is 2. The molecular formula is C10H9NO3. The van der Waals surface area contributed by atoms with Gasteiger partial charge in [0, 0.05) is 0 Å². The molecule has 1 aliphatic rings. The van der Waals surface area contributed by atoms with Crippen molar-refractivity contribution in [1.82, 2.24) is 0 Å². The number of para-hydroxylation sites is 1. The first-order valence-corrected chi connectivity index (χ1v) is 4.30. The molecule has 0 aliphatic carbocycles. The first-order chi connectivity index (χ1) is 6.70. The van der Waals surface area contributed by atoms with E-state index in [1.54, 1.807) is 30.3 Å². The summed E-state index contributed by atoms with van der Waals surface area (Å²) in [5.74, 6) is -0.894. The summed E-state index contributed by atoms with van der Waals surface area (Å²) in [6.07, 6.45) is -1.30. The number of benzene rings is 1. The summed E-state index contributed by atoms with van der Waals surface area (Å²) < 4.78 is 0. The van der Waals surface area contributed by atoms with Crippen molar-refractivity contribution in [2.24, 2.45) is 0 Å². The maximum absolute atomic E-state index is 11.4. The molecule has 1 aromatic carbocycles. The van der Waals surface area contributed by atoms with Crippen LogP contribution in [0.2, 0.25) is 0 Å². The number of imide groups is 1. The number of amides is 2. The Hall–Kier alpha value is -1.68. The highest BCUT2D eigenvalue weighted by Crippen LogP contribution is 2.21. The molecule has 0 bridgehead atoms. The number of nitrogens with zero attached hydrogens (tertiary/aromatic N) is 1. The van der Waals surface area contributed by atoms with Crippen LogP contribution in [0.15, 0.2) is 30.3 Å². The van der Waals surface area contributed by atoms with Crippen LogP contribution in [-0.2, 0) is 9.59 Å². The van der Waals surface area contributed by atoms with Gasteiger partial charge in [-0.2, -0.15) is 0 Å².